The van der Waals surface area contributed by atoms with E-state index in [0.717, 1.165) is 29.0 Å². The topological polar surface area (TPSA) is 45.5 Å². The van der Waals surface area contributed by atoms with Crippen LogP contribution in [0.25, 0.3) is 0 Å². The van der Waals surface area contributed by atoms with Crippen LogP contribution in [0.15, 0.2) is 24.3 Å². The van der Waals surface area contributed by atoms with Crippen LogP contribution in [0.3, 0.4) is 0 Å². The molecule has 3 rings (SSSR count). The molecule has 1 saturated heterocycles. The fourth-order valence-electron chi connectivity index (χ4n) is 3.21. The fourth-order valence-corrected chi connectivity index (χ4v) is 3.21. The normalized spacial score (nSPS) is 18.3. The highest BCUT2D eigenvalue weighted by Crippen LogP contribution is 2.37. The van der Waals surface area contributed by atoms with E-state index in [0.29, 0.717) is 6.54 Å². The molecule has 0 radical (unpaired) electrons. The monoisotopic (exact) mass is 356 g/mol. The molecule has 140 valence electrons. The smallest absolute Gasteiger partial charge is 0.497 e. The highest BCUT2D eigenvalue weighted by atomic mass is 16.7. The van der Waals surface area contributed by atoms with E-state index in [4.69, 9.17) is 19.1 Å². The second-order valence-corrected chi connectivity index (χ2v) is 7.89. The predicted molar refractivity (Wildman–Crippen MR) is 104 cm³/mol. The molecule has 0 amide bonds. The van der Waals surface area contributed by atoms with E-state index >= 15 is 0 Å². The highest BCUT2D eigenvalue weighted by molar-refractivity contribution is 6.63. The van der Waals surface area contributed by atoms with Crippen molar-refractivity contribution < 1.29 is 14.0 Å². The van der Waals surface area contributed by atoms with E-state index in [9.17, 15) is 0 Å². The Kier molecular flexibility index (Phi) is 4.93. The summed E-state index contributed by atoms with van der Waals surface area (Å²) in [6, 6.07) is 8.09. The maximum atomic E-state index is 6.28. The van der Waals surface area contributed by atoms with Crippen LogP contribution in [0.1, 0.15) is 51.6 Å². The fraction of sp³-hybridized carbons (Fsp3) is 0.550. The molecule has 5 nitrogen and oxygen atoms in total. The maximum absolute atomic E-state index is 6.28. The maximum Gasteiger partial charge on any atom is 0.498 e. The zero-order chi connectivity index (χ0) is 19.1. The standard InChI is InChI=1S/C20H29BN2O3/c1-8-17-18(21-25-19(3,4)20(5,6)26-21)14(2)23(22-17)13-15-9-11-16(24-7)12-10-15/h9-12H,8,13H2,1-7H3. The van der Waals surface area contributed by atoms with Gasteiger partial charge in [-0.1, -0.05) is 19.1 Å². The molecule has 26 heavy (non-hydrogen) atoms. The third-order valence-corrected chi connectivity index (χ3v) is 5.64. The van der Waals surface area contributed by atoms with E-state index in [1.54, 1.807) is 7.11 Å². The zero-order valence-electron chi connectivity index (χ0n) is 16.9. The summed E-state index contributed by atoms with van der Waals surface area (Å²) in [6.07, 6.45) is 0.843. The van der Waals surface area contributed by atoms with Gasteiger partial charge in [0, 0.05) is 11.2 Å². The van der Waals surface area contributed by atoms with Crippen LogP contribution in [0.4, 0.5) is 0 Å². The molecule has 2 aromatic rings. The lowest BCUT2D eigenvalue weighted by Crippen LogP contribution is -2.41. The summed E-state index contributed by atoms with van der Waals surface area (Å²) < 4.78 is 19.8. The van der Waals surface area contributed by atoms with Gasteiger partial charge < -0.3 is 14.0 Å². The van der Waals surface area contributed by atoms with Gasteiger partial charge in [-0.15, -0.1) is 0 Å². The molecule has 1 aliphatic heterocycles. The van der Waals surface area contributed by atoms with Crippen LogP contribution in [-0.2, 0) is 22.3 Å². The molecule has 0 atom stereocenters. The Balaban J connectivity index is 1.90. The minimum absolute atomic E-state index is 0.354. The van der Waals surface area contributed by atoms with Gasteiger partial charge in [-0.3, -0.25) is 4.68 Å². The largest absolute Gasteiger partial charge is 0.498 e. The Morgan fingerprint density at radius 2 is 1.65 bits per heavy atom. The van der Waals surface area contributed by atoms with Crippen molar-refractivity contribution in [2.45, 2.75) is 65.7 Å². The number of hydrogen-bond donors (Lipinski definition) is 0. The Morgan fingerprint density at radius 1 is 1.08 bits per heavy atom. The van der Waals surface area contributed by atoms with Crippen molar-refractivity contribution >= 4 is 12.6 Å². The zero-order valence-corrected chi connectivity index (χ0v) is 16.9. The van der Waals surface area contributed by atoms with Crippen molar-refractivity contribution in [1.82, 2.24) is 9.78 Å². The first-order valence-corrected chi connectivity index (χ1v) is 9.23. The van der Waals surface area contributed by atoms with Gasteiger partial charge in [0.1, 0.15) is 5.75 Å². The SMILES string of the molecule is CCc1nn(Cc2ccc(OC)cc2)c(C)c1B1OC(C)(C)C(C)(C)O1. The summed E-state index contributed by atoms with van der Waals surface area (Å²) in [6.45, 7) is 13.2. The molecular formula is C20H29BN2O3. The lowest BCUT2D eigenvalue weighted by Gasteiger charge is -2.32. The summed E-state index contributed by atoms with van der Waals surface area (Å²) in [7, 11) is 1.30. The molecule has 0 N–H and O–H groups in total. The van der Waals surface area contributed by atoms with Gasteiger partial charge in [-0.2, -0.15) is 5.10 Å². The van der Waals surface area contributed by atoms with Gasteiger partial charge >= 0.3 is 7.12 Å². The van der Waals surface area contributed by atoms with Gasteiger partial charge in [-0.05, 0) is 58.7 Å². The van der Waals surface area contributed by atoms with Crippen LogP contribution in [0, 0.1) is 6.92 Å². The summed E-state index contributed by atoms with van der Waals surface area (Å²) in [5.41, 5.74) is 3.67. The Bertz CT molecular complexity index is 765. The minimum Gasteiger partial charge on any atom is -0.497 e. The van der Waals surface area contributed by atoms with E-state index in [-0.39, 0.29) is 18.3 Å². The van der Waals surface area contributed by atoms with Crippen molar-refractivity contribution in [3.05, 3.63) is 41.2 Å². The molecule has 1 aromatic heterocycles. The van der Waals surface area contributed by atoms with E-state index in [2.05, 4.69) is 53.7 Å². The van der Waals surface area contributed by atoms with Gasteiger partial charge in [0.2, 0.25) is 0 Å². The molecule has 1 aromatic carbocycles. The second kappa shape index (κ2) is 6.74. The molecule has 2 heterocycles. The third kappa shape index (κ3) is 3.28. The van der Waals surface area contributed by atoms with Gasteiger partial charge in [0.05, 0.1) is 30.6 Å². The first-order chi connectivity index (χ1) is 12.2. The van der Waals surface area contributed by atoms with Crippen LogP contribution in [0.2, 0.25) is 0 Å². The quantitative estimate of drug-likeness (QED) is 0.773. The molecule has 1 aliphatic rings. The molecule has 1 fully saturated rings. The summed E-state index contributed by atoms with van der Waals surface area (Å²) in [5.74, 6) is 0.859. The van der Waals surface area contributed by atoms with E-state index in [1.165, 1.54) is 5.56 Å². The Morgan fingerprint density at radius 3 is 2.15 bits per heavy atom. The second-order valence-electron chi connectivity index (χ2n) is 7.89. The van der Waals surface area contributed by atoms with Gasteiger partial charge in [-0.25, -0.2) is 0 Å². The molecule has 0 unspecified atom stereocenters. The van der Waals surface area contributed by atoms with Crippen LogP contribution in [-0.4, -0.2) is 35.2 Å². The Hall–Kier alpha value is -1.79. The highest BCUT2D eigenvalue weighted by Gasteiger charge is 2.53. The number of methoxy groups -OCH3 is 1. The molecule has 0 aliphatic carbocycles. The average Bonchev–Trinajstić information content (AvgIpc) is 3.01. The Labute approximate surface area is 156 Å². The van der Waals surface area contributed by atoms with Crippen molar-refractivity contribution in [2.75, 3.05) is 7.11 Å². The predicted octanol–water partition coefficient (Wildman–Crippen LogP) is 3.11. The molecule has 0 saturated carbocycles. The van der Waals surface area contributed by atoms with Crippen molar-refractivity contribution in [3.63, 3.8) is 0 Å². The average molecular weight is 356 g/mol. The summed E-state index contributed by atoms with van der Waals surface area (Å²) >= 11 is 0. The van der Waals surface area contributed by atoms with Crippen LogP contribution < -0.4 is 10.2 Å². The molecule has 6 heteroatoms. The number of hydrogen-bond acceptors (Lipinski definition) is 4. The van der Waals surface area contributed by atoms with E-state index < -0.39 is 0 Å². The molecular weight excluding hydrogens is 327 g/mol. The van der Waals surface area contributed by atoms with Crippen molar-refractivity contribution in [3.8, 4) is 5.75 Å². The molecule has 0 bridgehead atoms. The summed E-state index contributed by atoms with van der Waals surface area (Å²) in [5, 5.41) is 4.83. The number of nitrogens with zero attached hydrogens (tertiary/aromatic N) is 2. The lowest BCUT2D eigenvalue weighted by molar-refractivity contribution is 0.00578. The van der Waals surface area contributed by atoms with Crippen molar-refractivity contribution in [1.29, 1.82) is 0 Å². The first kappa shape index (κ1) is 19.0. The van der Waals surface area contributed by atoms with Crippen LogP contribution in [0.5, 0.6) is 5.75 Å². The van der Waals surface area contributed by atoms with Crippen LogP contribution >= 0.6 is 0 Å². The number of rotatable bonds is 5. The van der Waals surface area contributed by atoms with Gasteiger partial charge in [0.15, 0.2) is 0 Å². The number of ether oxygens (including phenoxy) is 1. The lowest BCUT2D eigenvalue weighted by atomic mass is 9.76. The van der Waals surface area contributed by atoms with E-state index in [1.807, 2.05) is 16.8 Å². The summed E-state index contributed by atoms with van der Waals surface area (Å²) in [4.78, 5) is 0. The number of aromatic nitrogens is 2. The van der Waals surface area contributed by atoms with Crippen molar-refractivity contribution in [2.24, 2.45) is 0 Å². The number of benzene rings is 1. The van der Waals surface area contributed by atoms with Gasteiger partial charge in [0.25, 0.3) is 0 Å². The minimum atomic E-state index is -0.375. The molecule has 0 spiro atoms. The number of aryl methyl sites for hydroxylation is 1. The first-order valence-electron chi connectivity index (χ1n) is 9.23. The third-order valence-electron chi connectivity index (χ3n) is 5.64.